The maximum absolute atomic E-state index is 5.90. The summed E-state index contributed by atoms with van der Waals surface area (Å²) in [7, 11) is 0. The van der Waals surface area contributed by atoms with Crippen molar-refractivity contribution in [3.63, 3.8) is 0 Å². The van der Waals surface area contributed by atoms with E-state index in [2.05, 4.69) is 25.3 Å². The molecule has 0 fully saturated rings. The van der Waals surface area contributed by atoms with Crippen LogP contribution in [0.2, 0.25) is 0 Å². The van der Waals surface area contributed by atoms with Crippen LogP contribution in [0.15, 0.2) is 34.1 Å². The average molecular weight is 222 g/mol. The van der Waals surface area contributed by atoms with Gasteiger partial charge in [0.05, 0.1) is 11.4 Å². The van der Waals surface area contributed by atoms with Gasteiger partial charge in [0.25, 0.3) is 0 Å². The molecule has 2 rings (SSSR count). The molecule has 0 atom stereocenters. The summed E-state index contributed by atoms with van der Waals surface area (Å²) in [4.78, 5) is 1.48. The second-order valence-electron chi connectivity index (χ2n) is 3.09. The molecule has 0 heterocycles. The van der Waals surface area contributed by atoms with E-state index in [1.54, 1.807) is 0 Å². The molecule has 14 heavy (non-hydrogen) atoms. The summed E-state index contributed by atoms with van der Waals surface area (Å²) in [6.45, 7) is 0. The first-order chi connectivity index (χ1) is 6.61. The summed E-state index contributed by atoms with van der Waals surface area (Å²) in [5.74, 6) is 0. The molecule has 0 bridgehead atoms. The highest BCUT2D eigenvalue weighted by Gasteiger charge is 2.06. The Morgan fingerprint density at radius 3 is 1.64 bits per heavy atom. The van der Waals surface area contributed by atoms with E-state index in [1.165, 1.54) is 0 Å². The third kappa shape index (κ3) is 1.31. The lowest BCUT2D eigenvalue weighted by Crippen LogP contribution is -1.95. The van der Waals surface area contributed by atoms with Gasteiger partial charge in [-0.05, 0) is 17.5 Å². The normalized spacial score (nSPS) is 10.7. The van der Waals surface area contributed by atoms with Gasteiger partial charge in [-0.2, -0.15) is 0 Å². The second kappa shape index (κ2) is 3.29. The smallest absolute Gasteiger partial charge is 0.0550 e. The highest BCUT2D eigenvalue weighted by atomic mass is 32.1. The average Bonchev–Trinajstić information content (AvgIpc) is 2.17. The first-order valence-corrected chi connectivity index (χ1v) is 4.99. The van der Waals surface area contributed by atoms with Crippen LogP contribution in [0.3, 0.4) is 0 Å². The maximum atomic E-state index is 5.90. The van der Waals surface area contributed by atoms with Crippen molar-refractivity contribution in [1.29, 1.82) is 0 Å². The van der Waals surface area contributed by atoms with E-state index < -0.39 is 0 Å². The van der Waals surface area contributed by atoms with E-state index in [4.69, 9.17) is 11.5 Å². The van der Waals surface area contributed by atoms with Crippen LogP contribution in [-0.2, 0) is 0 Å². The summed E-state index contributed by atoms with van der Waals surface area (Å²) < 4.78 is 0. The molecular formula is C10H10N2S2. The molecule has 0 spiro atoms. The van der Waals surface area contributed by atoms with Gasteiger partial charge in [0.15, 0.2) is 0 Å². The number of thiol groups is 2. The lowest BCUT2D eigenvalue weighted by Gasteiger charge is -2.09. The third-order valence-corrected chi connectivity index (χ3v) is 3.00. The Morgan fingerprint density at radius 1 is 0.786 bits per heavy atom. The molecule has 4 heteroatoms. The maximum Gasteiger partial charge on any atom is 0.0550 e. The van der Waals surface area contributed by atoms with Crippen LogP contribution in [0.4, 0.5) is 11.4 Å². The first-order valence-electron chi connectivity index (χ1n) is 4.10. The van der Waals surface area contributed by atoms with Crippen molar-refractivity contribution in [2.24, 2.45) is 0 Å². The van der Waals surface area contributed by atoms with E-state index >= 15 is 0 Å². The lowest BCUT2D eigenvalue weighted by atomic mass is 10.1. The summed E-state index contributed by atoms with van der Waals surface area (Å²) >= 11 is 8.50. The van der Waals surface area contributed by atoms with E-state index in [0.717, 1.165) is 20.6 Å². The van der Waals surface area contributed by atoms with Gasteiger partial charge in [-0.1, -0.05) is 12.1 Å². The van der Waals surface area contributed by atoms with Gasteiger partial charge in [0, 0.05) is 15.2 Å². The van der Waals surface area contributed by atoms with Crippen molar-refractivity contribution >= 4 is 47.4 Å². The number of fused-ring (bicyclic) bond motifs is 1. The number of nitrogens with two attached hydrogens (primary N) is 2. The molecule has 0 saturated heterocycles. The van der Waals surface area contributed by atoms with Crippen LogP contribution in [-0.4, -0.2) is 0 Å². The van der Waals surface area contributed by atoms with Crippen LogP contribution in [0.5, 0.6) is 0 Å². The van der Waals surface area contributed by atoms with Crippen LogP contribution >= 0.6 is 25.3 Å². The van der Waals surface area contributed by atoms with Crippen molar-refractivity contribution < 1.29 is 0 Å². The SMILES string of the molecule is Nc1c(S)ccc2ccc(S)c(N)c12. The van der Waals surface area contributed by atoms with Gasteiger partial charge >= 0.3 is 0 Å². The van der Waals surface area contributed by atoms with Crippen molar-refractivity contribution in [2.75, 3.05) is 11.5 Å². The number of hydrogen-bond donors (Lipinski definition) is 4. The zero-order chi connectivity index (χ0) is 10.3. The van der Waals surface area contributed by atoms with E-state index in [1.807, 2.05) is 24.3 Å². The van der Waals surface area contributed by atoms with Gasteiger partial charge < -0.3 is 11.5 Å². The fraction of sp³-hybridized carbons (Fsp3) is 0. The topological polar surface area (TPSA) is 52.0 Å². The lowest BCUT2D eigenvalue weighted by molar-refractivity contribution is 1.47. The Bertz CT molecular complexity index is 466. The fourth-order valence-electron chi connectivity index (χ4n) is 1.45. The number of anilines is 2. The molecule has 0 aliphatic carbocycles. The predicted molar refractivity (Wildman–Crippen MR) is 67.3 cm³/mol. The predicted octanol–water partition coefficient (Wildman–Crippen LogP) is 2.58. The Labute approximate surface area is 93.1 Å². The Kier molecular flexibility index (Phi) is 2.25. The van der Waals surface area contributed by atoms with Gasteiger partial charge in [-0.15, -0.1) is 25.3 Å². The molecule has 2 nitrogen and oxygen atoms in total. The van der Waals surface area contributed by atoms with Gasteiger partial charge in [-0.3, -0.25) is 0 Å². The largest absolute Gasteiger partial charge is 0.397 e. The summed E-state index contributed by atoms with van der Waals surface area (Å²) in [6.07, 6.45) is 0. The summed E-state index contributed by atoms with van der Waals surface area (Å²) in [6, 6.07) is 7.60. The second-order valence-corrected chi connectivity index (χ2v) is 4.06. The highest BCUT2D eigenvalue weighted by molar-refractivity contribution is 7.80. The minimum absolute atomic E-state index is 0.610. The standard InChI is InChI=1S/C10H10N2S2/c11-9-6(13)3-1-5-2-4-7(14)10(12)8(5)9/h1-4,13-14H,11-12H2. The molecule has 0 unspecified atom stereocenters. The molecule has 0 radical (unpaired) electrons. The molecule has 0 aliphatic rings. The summed E-state index contributed by atoms with van der Waals surface area (Å²) in [5, 5.41) is 1.85. The zero-order valence-electron chi connectivity index (χ0n) is 7.36. The molecule has 4 N–H and O–H groups in total. The Balaban J connectivity index is 2.98. The molecule has 0 amide bonds. The zero-order valence-corrected chi connectivity index (χ0v) is 9.15. The van der Waals surface area contributed by atoms with Crippen molar-refractivity contribution in [3.05, 3.63) is 24.3 Å². The number of rotatable bonds is 0. The molecule has 0 aliphatic heterocycles. The number of nitrogen functional groups attached to an aromatic ring is 2. The molecule has 0 saturated carbocycles. The van der Waals surface area contributed by atoms with Crippen molar-refractivity contribution in [2.45, 2.75) is 9.79 Å². The number of benzene rings is 2. The molecule has 72 valence electrons. The Hall–Kier alpha value is -1.00. The quantitative estimate of drug-likeness (QED) is 0.409. The van der Waals surface area contributed by atoms with Crippen LogP contribution in [0.1, 0.15) is 0 Å². The van der Waals surface area contributed by atoms with Crippen LogP contribution in [0, 0.1) is 0 Å². The highest BCUT2D eigenvalue weighted by Crippen LogP contribution is 2.34. The van der Waals surface area contributed by atoms with Crippen LogP contribution < -0.4 is 11.5 Å². The molecular weight excluding hydrogens is 212 g/mol. The summed E-state index contributed by atoms with van der Waals surface area (Å²) in [5.41, 5.74) is 13.0. The fourth-order valence-corrected chi connectivity index (χ4v) is 1.82. The number of hydrogen-bond acceptors (Lipinski definition) is 4. The third-order valence-electron chi connectivity index (χ3n) is 2.22. The van der Waals surface area contributed by atoms with E-state index in [0.29, 0.717) is 11.4 Å². The minimum Gasteiger partial charge on any atom is -0.397 e. The first kappa shape index (κ1) is 9.55. The minimum atomic E-state index is 0.610. The van der Waals surface area contributed by atoms with E-state index in [-0.39, 0.29) is 0 Å². The monoisotopic (exact) mass is 222 g/mol. The van der Waals surface area contributed by atoms with Gasteiger partial charge in [0.2, 0.25) is 0 Å². The van der Waals surface area contributed by atoms with Crippen molar-refractivity contribution in [3.8, 4) is 0 Å². The molecule has 0 aromatic heterocycles. The van der Waals surface area contributed by atoms with Gasteiger partial charge in [0.1, 0.15) is 0 Å². The van der Waals surface area contributed by atoms with Crippen LogP contribution in [0.25, 0.3) is 10.8 Å². The molecule has 2 aromatic rings. The molecule has 2 aromatic carbocycles. The van der Waals surface area contributed by atoms with Gasteiger partial charge in [-0.25, -0.2) is 0 Å². The Morgan fingerprint density at radius 2 is 1.21 bits per heavy atom. The van der Waals surface area contributed by atoms with Crippen molar-refractivity contribution in [1.82, 2.24) is 0 Å². The van der Waals surface area contributed by atoms with E-state index in [9.17, 15) is 0 Å².